The van der Waals surface area contributed by atoms with Crippen molar-refractivity contribution in [1.29, 1.82) is 0 Å². The van der Waals surface area contributed by atoms with Gasteiger partial charge in [-0.2, -0.15) is 0 Å². The smallest absolute Gasteiger partial charge is 0.104 e. The van der Waals surface area contributed by atoms with Crippen molar-refractivity contribution in [3.8, 4) is 0 Å². The summed E-state index contributed by atoms with van der Waals surface area (Å²) in [6, 6.07) is 14.3. The first-order chi connectivity index (χ1) is 9.45. The van der Waals surface area contributed by atoms with E-state index in [-0.39, 0.29) is 0 Å². The molecule has 1 nitrogen and oxygen atoms in total. The van der Waals surface area contributed by atoms with E-state index in [0.717, 1.165) is 27.6 Å². The molecule has 20 heavy (non-hydrogen) atoms. The van der Waals surface area contributed by atoms with Crippen molar-refractivity contribution in [2.24, 2.45) is 5.92 Å². The highest BCUT2D eigenvalue weighted by Crippen LogP contribution is 2.26. The molecule has 0 bridgehead atoms. The van der Waals surface area contributed by atoms with Crippen molar-refractivity contribution in [1.82, 2.24) is 0 Å². The second kappa shape index (κ2) is 6.55. The largest absolute Gasteiger partial charge is 0.384 e. The molecular weight excluding hydrogens is 312 g/mol. The number of rotatable bonds is 4. The lowest BCUT2D eigenvalue weighted by Gasteiger charge is -2.14. The van der Waals surface area contributed by atoms with Crippen molar-refractivity contribution < 1.29 is 5.11 Å². The molecule has 2 aromatic carbocycles. The fourth-order valence-electron chi connectivity index (χ4n) is 2.42. The first-order valence-corrected chi connectivity index (χ1v) is 7.79. The van der Waals surface area contributed by atoms with E-state index >= 15 is 0 Å². The van der Waals surface area contributed by atoms with E-state index in [1.165, 1.54) is 5.56 Å². The number of benzene rings is 2. The standard InChI is InChI=1S/C18H21BrO/c1-12(2)8-14-4-6-15(7-5-14)18(20)16-9-13(3)10-17(19)11-16/h4-7,9-12,18,20H,8H2,1-3H3. The van der Waals surface area contributed by atoms with Gasteiger partial charge >= 0.3 is 0 Å². The first kappa shape index (κ1) is 15.3. The van der Waals surface area contributed by atoms with Crippen LogP contribution in [0.5, 0.6) is 0 Å². The minimum absolute atomic E-state index is 0.570. The van der Waals surface area contributed by atoms with Gasteiger partial charge in [0.1, 0.15) is 6.10 Å². The van der Waals surface area contributed by atoms with Crippen LogP contribution < -0.4 is 0 Å². The molecule has 0 aromatic heterocycles. The maximum Gasteiger partial charge on any atom is 0.104 e. The molecule has 0 aliphatic carbocycles. The predicted octanol–water partition coefficient (Wildman–Crippen LogP) is 5.04. The topological polar surface area (TPSA) is 20.2 Å². The van der Waals surface area contributed by atoms with Crippen LogP contribution in [0.4, 0.5) is 0 Å². The highest BCUT2D eigenvalue weighted by molar-refractivity contribution is 9.10. The van der Waals surface area contributed by atoms with Gasteiger partial charge in [-0.15, -0.1) is 0 Å². The third-order valence-corrected chi connectivity index (χ3v) is 3.78. The Kier molecular flexibility index (Phi) is 5.00. The monoisotopic (exact) mass is 332 g/mol. The summed E-state index contributed by atoms with van der Waals surface area (Å²) in [6.07, 6.45) is 0.506. The summed E-state index contributed by atoms with van der Waals surface area (Å²) in [4.78, 5) is 0. The van der Waals surface area contributed by atoms with Gasteiger partial charge in [0, 0.05) is 4.47 Å². The average molecular weight is 333 g/mol. The number of aryl methyl sites for hydroxylation is 1. The van der Waals surface area contributed by atoms with Crippen LogP contribution in [0, 0.1) is 12.8 Å². The van der Waals surface area contributed by atoms with Gasteiger partial charge in [-0.1, -0.05) is 60.1 Å². The Morgan fingerprint density at radius 1 is 1.00 bits per heavy atom. The summed E-state index contributed by atoms with van der Waals surface area (Å²) in [5, 5.41) is 10.5. The maximum atomic E-state index is 10.5. The Bertz CT molecular complexity index is 552. The summed E-state index contributed by atoms with van der Waals surface area (Å²) in [5.41, 5.74) is 4.33. The lowest BCUT2D eigenvalue weighted by molar-refractivity contribution is 0.220. The van der Waals surface area contributed by atoms with E-state index in [1.54, 1.807) is 0 Å². The zero-order chi connectivity index (χ0) is 14.7. The molecule has 2 aromatic rings. The Hall–Kier alpha value is -1.12. The minimum atomic E-state index is -0.570. The van der Waals surface area contributed by atoms with Crippen LogP contribution in [-0.4, -0.2) is 5.11 Å². The molecule has 0 fully saturated rings. The Morgan fingerprint density at radius 3 is 2.20 bits per heavy atom. The number of hydrogen-bond acceptors (Lipinski definition) is 1. The molecule has 0 aliphatic rings. The molecule has 0 saturated heterocycles. The average Bonchev–Trinajstić information content (AvgIpc) is 2.37. The lowest BCUT2D eigenvalue weighted by Crippen LogP contribution is -2.01. The normalized spacial score (nSPS) is 12.7. The molecule has 0 amide bonds. The van der Waals surface area contributed by atoms with Crippen LogP contribution >= 0.6 is 15.9 Å². The molecule has 0 saturated carbocycles. The lowest BCUT2D eigenvalue weighted by atomic mass is 9.97. The maximum absolute atomic E-state index is 10.5. The Morgan fingerprint density at radius 2 is 1.65 bits per heavy atom. The highest BCUT2D eigenvalue weighted by atomic mass is 79.9. The van der Waals surface area contributed by atoms with Crippen LogP contribution in [-0.2, 0) is 6.42 Å². The van der Waals surface area contributed by atoms with E-state index in [0.29, 0.717) is 5.92 Å². The van der Waals surface area contributed by atoms with Crippen molar-refractivity contribution in [2.45, 2.75) is 33.3 Å². The van der Waals surface area contributed by atoms with Crippen LogP contribution in [0.3, 0.4) is 0 Å². The zero-order valence-corrected chi connectivity index (χ0v) is 13.8. The predicted molar refractivity (Wildman–Crippen MR) is 87.9 cm³/mol. The quantitative estimate of drug-likeness (QED) is 0.831. The summed E-state index contributed by atoms with van der Waals surface area (Å²) >= 11 is 3.48. The molecule has 2 rings (SSSR count). The van der Waals surface area contributed by atoms with Gasteiger partial charge in [-0.25, -0.2) is 0 Å². The molecule has 2 heteroatoms. The van der Waals surface area contributed by atoms with Gasteiger partial charge in [0.15, 0.2) is 0 Å². The summed E-state index contributed by atoms with van der Waals surface area (Å²) < 4.78 is 1.00. The molecule has 0 aliphatic heterocycles. The molecule has 0 spiro atoms. The fourth-order valence-corrected chi connectivity index (χ4v) is 3.05. The Balaban J connectivity index is 2.22. The molecule has 0 heterocycles. The number of hydrogen-bond donors (Lipinski definition) is 1. The molecule has 0 radical (unpaired) electrons. The molecule has 106 valence electrons. The highest BCUT2D eigenvalue weighted by Gasteiger charge is 2.11. The number of aliphatic hydroxyl groups is 1. The molecular formula is C18H21BrO. The van der Waals surface area contributed by atoms with Crippen molar-refractivity contribution in [2.75, 3.05) is 0 Å². The van der Waals surface area contributed by atoms with E-state index < -0.39 is 6.10 Å². The van der Waals surface area contributed by atoms with Crippen LogP contribution in [0.2, 0.25) is 0 Å². The zero-order valence-electron chi connectivity index (χ0n) is 12.2. The molecule has 1 N–H and O–H groups in total. The van der Waals surface area contributed by atoms with E-state index in [1.807, 2.05) is 37.3 Å². The molecule has 1 unspecified atom stereocenters. The van der Waals surface area contributed by atoms with Crippen LogP contribution in [0.25, 0.3) is 0 Å². The van der Waals surface area contributed by atoms with Gasteiger partial charge in [-0.3, -0.25) is 0 Å². The number of aliphatic hydroxyl groups excluding tert-OH is 1. The third-order valence-electron chi connectivity index (χ3n) is 3.32. The van der Waals surface area contributed by atoms with Gasteiger partial charge in [-0.05, 0) is 53.6 Å². The third kappa shape index (κ3) is 3.94. The van der Waals surface area contributed by atoms with Gasteiger partial charge in [0.2, 0.25) is 0 Å². The van der Waals surface area contributed by atoms with Crippen molar-refractivity contribution in [3.63, 3.8) is 0 Å². The van der Waals surface area contributed by atoms with Crippen molar-refractivity contribution >= 4 is 15.9 Å². The molecule has 1 atom stereocenters. The summed E-state index contributed by atoms with van der Waals surface area (Å²) in [6.45, 7) is 6.47. The van der Waals surface area contributed by atoms with E-state index in [4.69, 9.17) is 0 Å². The number of halogens is 1. The second-order valence-electron chi connectivity index (χ2n) is 5.80. The first-order valence-electron chi connectivity index (χ1n) is 6.99. The van der Waals surface area contributed by atoms with Gasteiger partial charge in [0.25, 0.3) is 0 Å². The second-order valence-corrected chi connectivity index (χ2v) is 6.72. The van der Waals surface area contributed by atoms with E-state index in [2.05, 4.69) is 41.9 Å². The van der Waals surface area contributed by atoms with E-state index in [9.17, 15) is 5.11 Å². The van der Waals surface area contributed by atoms with Gasteiger partial charge in [0.05, 0.1) is 0 Å². The minimum Gasteiger partial charge on any atom is -0.384 e. The fraction of sp³-hybridized carbons (Fsp3) is 0.333. The SMILES string of the molecule is Cc1cc(Br)cc(C(O)c2ccc(CC(C)C)cc2)c1. The van der Waals surface area contributed by atoms with Crippen molar-refractivity contribution in [3.05, 3.63) is 69.2 Å². The summed E-state index contributed by atoms with van der Waals surface area (Å²) in [5.74, 6) is 0.651. The van der Waals surface area contributed by atoms with Gasteiger partial charge < -0.3 is 5.11 Å². The van der Waals surface area contributed by atoms with Crippen LogP contribution in [0.15, 0.2) is 46.9 Å². The Labute approximate surface area is 129 Å². The summed E-state index contributed by atoms with van der Waals surface area (Å²) in [7, 11) is 0. The van der Waals surface area contributed by atoms with Crippen LogP contribution in [0.1, 0.15) is 42.2 Å².